The summed E-state index contributed by atoms with van der Waals surface area (Å²) in [4.78, 5) is 26.4. The highest BCUT2D eigenvalue weighted by Gasteiger charge is 2.40. The summed E-state index contributed by atoms with van der Waals surface area (Å²) in [5.74, 6) is 0.0280. The van der Waals surface area contributed by atoms with E-state index in [0.29, 0.717) is 11.4 Å². The molecule has 0 radical (unpaired) electrons. The molecule has 0 spiro atoms. The van der Waals surface area contributed by atoms with Crippen molar-refractivity contribution < 1.29 is 14.3 Å². The van der Waals surface area contributed by atoms with Crippen molar-refractivity contribution in [3.05, 3.63) is 54.1 Å². The molecule has 0 unspecified atom stereocenters. The van der Waals surface area contributed by atoms with Gasteiger partial charge in [-0.15, -0.1) is 0 Å². The maximum absolute atomic E-state index is 12.8. The van der Waals surface area contributed by atoms with Crippen LogP contribution in [0, 0.1) is 0 Å². The Bertz CT molecular complexity index is 773. The van der Waals surface area contributed by atoms with Crippen LogP contribution in [0.25, 0.3) is 0 Å². The first-order valence-electron chi connectivity index (χ1n) is 8.00. The fraction of sp³-hybridized carbons (Fsp3) is 0.263. The zero-order valence-corrected chi connectivity index (χ0v) is 13.8. The molecular weight excluding hydrogens is 304 g/mol. The maximum atomic E-state index is 12.8. The van der Waals surface area contributed by atoms with Gasteiger partial charge >= 0.3 is 0 Å². The van der Waals surface area contributed by atoms with Crippen molar-refractivity contribution in [1.29, 1.82) is 0 Å². The van der Waals surface area contributed by atoms with Crippen LogP contribution >= 0.6 is 0 Å². The molecule has 1 heterocycles. The van der Waals surface area contributed by atoms with Crippen molar-refractivity contribution >= 4 is 23.2 Å². The Morgan fingerprint density at radius 2 is 1.83 bits per heavy atom. The number of aryl methyl sites for hydroxylation is 1. The van der Waals surface area contributed by atoms with Crippen molar-refractivity contribution in [2.24, 2.45) is 0 Å². The van der Waals surface area contributed by atoms with E-state index >= 15 is 0 Å². The third kappa shape index (κ3) is 2.85. The molecule has 5 nitrogen and oxygen atoms in total. The van der Waals surface area contributed by atoms with Crippen molar-refractivity contribution in [2.45, 2.75) is 25.8 Å². The largest absolute Gasteiger partial charge is 0.495 e. The van der Waals surface area contributed by atoms with E-state index < -0.39 is 6.04 Å². The van der Waals surface area contributed by atoms with Gasteiger partial charge in [-0.25, -0.2) is 4.90 Å². The van der Waals surface area contributed by atoms with Crippen molar-refractivity contribution in [1.82, 2.24) is 0 Å². The van der Waals surface area contributed by atoms with Crippen LogP contribution in [0.2, 0.25) is 0 Å². The van der Waals surface area contributed by atoms with Crippen molar-refractivity contribution in [3.63, 3.8) is 0 Å². The summed E-state index contributed by atoms with van der Waals surface area (Å²) in [5.41, 5.74) is 2.50. The molecule has 1 fully saturated rings. The average molecular weight is 324 g/mol. The Hall–Kier alpha value is -2.82. The van der Waals surface area contributed by atoms with Gasteiger partial charge in [-0.05, 0) is 30.2 Å². The molecule has 0 bridgehead atoms. The highest BCUT2D eigenvalue weighted by Crippen LogP contribution is 2.32. The van der Waals surface area contributed by atoms with Gasteiger partial charge in [0.1, 0.15) is 11.8 Å². The summed E-state index contributed by atoms with van der Waals surface area (Å²) >= 11 is 0. The zero-order valence-electron chi connectivity index (χ0n) is 13.8. The van der Waals surface area contributed by atoms with Crippen LogP contribution in [-0.4, -0.2) is 25.0 Å². The number of carbonyl (C=O) groups excluding carboxylic acids is 2. The Morgan fingerprint density at radius 3 is 2.58 bits per heavy atom. The first-order valence-corrected chi connectivity index (χ1v) is 8.00. The number of rotatable bonds is 5. The summed E-state index contributed by atoms with van der Waals surface area (Å²) in [5, 5.41) is 3.22. The fourth-order valence-corrected chi connectivity index (χ4v) is 2.97. The van der Waals surface area contributed by atoms with Gasteiger partial charge in [0.15, 0.2) is 0 Å². The summed E-state index contributed by atoms with van der Waals surface area (Å²) in [7, 11) is 1.52. The number of amides is 2. The highest BCUT2D eigenvalue weighted by molar-refractivity contribution is 6.23. The number of carbonyl (C=O) groups is 2. The molecule has 1 aliphatic heterocycles. The van der Waals surface area contributed by atoms with Crippen LogP contribution in [-0.2, 0) is 16.0 Å². The topological polar surface area (TPSA) is 58.6 Å². The van der Waals surface area contributed by atoms with E-state index in [1.165, 1.54) is 12.0 Å². The molecule has 2 aromatic rings. The number of hydrogen-bond donors (Lipinski definition) is 1. The smallest absolute Gasteiger partial charge is 0.256 e. The summed E-state index contributed by atoms with van der Waals surface area (Å²) < 4.78 is 5.28. The number of imide groups is 1. The van der Waals surface area contributed by atoms with E-state index in [2.05, 4.69) is 12.2 Å². The second-order valence-corrected chi connectivity index (χ2v) is 5.65. The van der Waals surface area contributed by atoms with Crippen LogP contribution in [0.4, 0.5) is 11.4 Å². The number of nitrogens with zero attached hydrogens (tertiary/aromatic N) is 1. The monoisotopic (exact) mass is 324 g/mol. The number of methoxy groups -OCH3 is 1. The maximum Gasteiger partial charge on any atom is 0.256 e. The molecule has 0 aliphatic carbocycles. The van der Waals surface area contributed by atoms with Crippen LogP contribution in [0.1, 0.15) is 18.9 Å². The zero-order chi connectivity index (χ0) is 17.1. The highest BCUT2D eigenvalue weighted by atomic mass is 16.5. The van der Waals surface area contributed by atoms with E-state index in [4.69, 9.17) is 4.74 Å². The van der Waals surface area contributed by atoms with E-state index in [1.807, 2.05) is 24.3 Å². The van der Waals surface area contributed by atoms with Crippen LogP contribution < -0.4 is 15.0 Å². The van der Waals surface area contributed by atoms with Crippen LogP contribution in [0.15, 0.2) is 48.5 Å². The minimum atomic E-state index is -0.560. The predicted octanol–water partition coefficient (Wildman–Crippen LogP) is 3.00. The predicted molar refractivity (Wildman–Crippen MR) is 93.3 cm³/mol. The Labute approximate surface area is 141 Å². The number of anilines is 2. The molecule has 3 rings (SSSR count). The van der Waals surface area contributed by atoms with Crippen molar-refractivity contribution in [2.75, 3.05) is 17.3 Å². The normalized spacial score (nSPS) is 17.2. The van der Waals surface area contributed by atoms with Gasteiger partial charge in [0.2, 0.25) is 5.91 Å². The minimum absolute atomic E-state index is 0.134. The average Bonchev–Trinajstić information content (AvgIpc) is 2.89. The van der Waals surface area contributed by atoms with Gasteiger partial charge in [-0.1, -0.05) is 37.3 Å². The van der Waals surface area contributed by atoms with Crippen LogP contribution in [0.3, 0.4) is 0 Å². The second kappa shape index (κ2) is 6.74. The number of nitrogens with one attached hydrogen (secondary N) is 1. The van der Waals surface area contributed by atoms with Crippen molar-refractivity contribution in [3.8, 4) is 5.75 Å². The third-order valence-electron chi connectivity index (χ3n) is 4.20. The van der Waals surface area contributed by atoms with E-state index in [9.17, 15) is 9.59 Å². The molecule has 5 heteroatoms. The molecule has 1 saturated heterocycles. The molecule has 0 saturated carbocycles. The summed E-state index contributed by atoms with van der Waals surface area (Å²) in [6, 6.07) is 14.3. The third-order valence-corrected chi connectivity index (χ3v) is 4.20. The lowest BCUT2D eigenvalue weighted by Gasteiger charge is -2.19. The summed E-state index contributed by atoms with van der Waals surface area (Å²) in [6.45, 7) is 2.06. The summed E-state index contributed by atoms with van der Waals surface area (Å²) in [6.07, 6.45) is 0.989. The van der Waals surface area contributed by atoms with E-state index in [1.54, 1.807) is 24.3 Å². The molecule has 124 valence electrons. The molecule has 0 aromatic heterocycles. The van der Waals surface area contributed by atoms with E-state index in [-0.39, 0.29) is 18.2 Å². The molecule has 1 atom stereocenters. The lowest BCUT2D eigenvalue weighted by Crippen LogP contribution is -2.35. The van der Waals surface area contributed by atoms with Gasteiger partial charge < -0.3 is 10.1 Å². The lowest BCUT2D eigenvalue weighted by atomic mass is 10.1. The molecular formula is C19H20N2O3. The van der Waals surface area contributed by atoms with Crippen LogP contribution in [0.5, 0.6) is 5.75 Å². The second-order valence-electron chi connectivity index (χ2n) is 5.65. The quantitative estimate of drug-likeness (QED) is 0.859. The Kier molecular flexibility index (Phi) is 4.51. The lowest BCUT2D eigenvalue weighted by molar-refractivity contribution is -0.121. The minimum Gasteiger partial charge on any atom is -0.495 e. The molecule has 1 N–H and O–H groups in total. The number of benzene rings is 2. The SMILES string of the molecule is CCc1ccccc1N[C@H]1CC(=O)N(c2ccccc2OC)C1=O. The standard InChI is InChI=1S/C19H20N2O3/c1-3-13-8-4-5-9-14(13)20-15-12-18(22)21(19(15)23)16-10-6-7-11-17(16)24-2/h4-11,15,20H,3,12H2,1-2H3/t15-/m0/s1. The first kappa shape index (κ1) is 16.1. The Balaban J connectivity index is 1.87. The van der Waals surface area contributed by atoms with Gasteiger partial charge in [-0.3, -0.25) is 9.59 Å². The number of ether oxygens (including phenoxy) is 1. The molecule has 1 aliphatic rings. The number of hydrogen-bond acceptors (Lipinski definition) is 4. The molecule has 2 aromatic carbocycles. The van der Waals surface area contributed by atoms with Gasteiger partial charge in [0.05, 0.1) is 19.2 Å². The van der Waals surface area contributed by atoms with Gasteiger partial charge in [0, 0.05) is 5.69 Å². The number of para-hydroxylation sites is 3. The Morgan fingerprint density at radius 1 is 1.12 bits per heavy atom. The van der Waals surface area contributed by atoms with Gasteiger partial charge in [-0.2, -0.15) is 0 Å². The molecule has 24 heavy (non-hydrogen) atoms. The van der Waals surface area contributed by atoms with E-state index in [0.717, 1.165) is 17.7 Å². The van der Waals surface area contributed by atoms with Gasteiger partial charge in [0.25, 0.3) is 5.91 Å². The fourth-order valence-electron chi connectivity index (χ4n) is 2.97. The first-order chi connectivity index (χ1) is 11.7. The molecule has 2 amide bonds.